The Kier molecular flexibility index (Phi) is 5.98. The summed E-state index contributed by atoms with van der Waals surface area (Å²) in [4.78, 5) is 15.4. The number of hydrogen-bond acceptors (Lipinski definition) is 5. The molecule has 3 heterocycles. The van der Waals surface area contributed by atoms with Crippen LogP contribution in [0.25, 0.3) is 0 Å². The summed E-state index contributed by atoms with van der Waals surface area (Å²) in [6, 6.07) is 4.18. The summed E-state index contributed by atoms with van der Waals surface area (Å²) in [6.07, 6.45) is 6.17. The first kappa shape index (κ1) is 19.2. The number of oxazole rings is 1. The first-order valence-corrected chi connectivity index (χ1v) is 9.55. The van der Waals surface area contributed by atoms with E-state index < -0.39 is 0 Å². The maximum Gasteiger partial charge on any atom is 0.213 e. The van der Waals surface area contributed by atoms with Crippen LogP contribution in [0.5, 0.6) is 0 Å². The lowest BCUT2D eigenvalue weighted by atomic mass is 9.94. The number of nitrogens with zero attached hydrogens (tertiary/aromatic N) is 4. The molecule has 0 atom stereocenters. The number of anilines is 1. The van der Waals surface area contributed by atoms with E-state index in [4.69, 9.17) is 4.42 Å². The molecule has 0 amide bonds. The van der Waals surface area contributed by atoms with E-state index in [0.29, 0.717) is 24.9 Å². The Hall–Kier alpha value is -2.57. The molecule has 0 aromatic carbocycles. The van der Waals surface area contributed by atoms with Crippen molar-refractivity contribution in [3.05, 3.63) is 41.7 Å². The van der Waals surface area contributed by atoms with Crippen molar-refractivity contribution in [1.29, 1.82) is 0 Å². The summed E-state index contributed by atoms with van der Waals surface area (Å²) in [5.41, 5.74) is 1.14. The van der Waals surface area contributed by atoms with Gasteiger partial charge in [0.2, 0.25) is 5.89 Å². The van der Waals surface area contributed by atoms with Gasteiger partial charge in [0.05, 0.1) is 12.7 Å². The van der Waals surface area contributed by atoms with Crippen LogP contribution < -0.4 is 15.5 Å². The zero-order valence-corrected chi connectivity index (χ0v) is 16.7. The van der Waals surface area contributed by atoms with Gasteiger partial charge in [0.15, 0.2) is 5.96 Å². The lowest BCUT2D eigenvalue weighted by Gasteiger charge is -2.17. The minimum Gasteiger partial charge on any atom is -0.443 e. The zero-order chi connectivity index (χ0) is 19.3. The molecular weight excluding hydrogens is 340 g/mol. The van der Waals surface area contributed by atoms with Gasteiger partial charge >= 0.3 is 0 Å². The molecule has 2 aromatic heterocycles. The molecule has 3 rings (SSSR count). The van der Waals surface area contributed by atoms with E-state index in [-0.39, 0.29) is 5.41 Å². The van der Waals surface area contributed by atoms with Gasteiger partial charge in [0.25, 0.3) is 0 Å². The molecule has 2 aromatic rings. The molecule has 0 unspecified atom stereocenters. The van der Waals surface area contributed by atoms with Gasteiger partial charge in [-0.3, -0.25) is 4.99 Å². The molecule has 0 aliphatic carbocycles. The number of rotatable bonds is 5. The van der Waals surface area contributed by atoms with Crippen LogP contribution in [0.3, 0.4) is 0 Å². The summed E-state index contributed by atoms with van der Waals surface area (Å²) < 4.78 is 5.81. The molecule has 27 heavy (non-hydrogen) atoms. The van der Waals surface area contributed by atoms with Crippen molar-refractivity contribution in [3.8, 4) is 0 Å². The number of aromatic nitrogens is 2. The van der Waals surface area contributed by atoms with Gasteiger partial charge in [-0.15, -0.1) is 0 Å². The fourth-order valence-corrected chi connectivity index (χ4v) is 2.99. The number of pyridine rings is 1. The van der Waals surface area contributed by atoms with E-state index in [9.17, 15) is 0 Å². The molecule has 7 nitrogen and oxygen atoms in total. The first-order chi connectivity index (χ1) is 13.0. The monoisotopic (exact) mass is 370 g/mol. The van der Waals surface area contributed by atoms with Gasteiger partial charge in [-0.05, 0) is 30.5 Å². The Morgan fingerprint density at radius 3 is 2.59 bits per heavy atom. The lowest BCUT2D eigenvalue weighted by molar-refractivity contribution is 0.379. The van der Waals surface area contributed by atoms with E-state index in [1.807, 2.05) is 12.3 Å². The van der Waals surface area contributed by atoms with Crippen LogP contribution in [0.1, 0.15) is 50.8 Å². The lowest BCUT2D eigenvalue weighted by Crippen LogP contribution is -2.36. The normalized spacial score (nSPS) is 15.3. The average Bonchev–Trinajstić information content (AvgIpc) is 3.34. The summed E-state index contributed by atoms with van der Waals surface area (Å²) in [5.74, 6) is 3.31. The second-order valence-electron chi connectivity index (χ2n) is 7.86. The Morgan fingerprint density at radius 1 is 1.19 bits per heavy atom. The maximum atomic E-state index is 5.81. The van der Waals surface area contributed by atoms with Crippen LogP contribution in [0.15, 0.2) is 33.9 Å². The van der Waals surface area contributed by atoms with Crippen LogP contribution in [0.4, 0.5) is 5.82 Å². The highest BCUT2D eigenvalue weighted by Gasteiger charge is 2.19. The highest BCUT2D eigenvalue weighted by molar-refractivity contribution is 5.79. The first-order valence-electron chi connectivity index (χ1n) is 9.55. The zero-order valence-electron chi connectivity index (χ0n) is 16.7. The van der Waals surface area contributed by atoms with Crippen LogP contribution in [-0.4, -0.2) is 36.1 Å². The summed E-state index contributed by atoms with van der Waals surface area (Å²) in [5, 5.41) is 6.58. The Morgan fingerprint density at radius 2 is 1.93 bits per heavy atom. The molecule has 1 aliphatic rings. The third-order valence-corrected chi connectivity index (χ3v) is 4.62. The van der Waals surface area contributed by atoms with E-state index in [0.717, 1.165) is 24.7 Å². The van der Waals surface area contributed by atoms with Gasteiger partial charge < -0.3 is 20.0 Å². The molecule has 1 saturated heterocycles. The smallest absolute Gasteiger partial charge is 0.213 e. The van der Waals surface area contributed by atoms with E-state index in [1.54, 1.807) is 13.2 Å². The highest BCUT2D eigenvalue weighted by atomic mass is 16.4. The Bertz CT molecular complexity index is 771. The standard InChI is InChI=1S/C20H30N6O/c1-20(2,3)16-13-23-18(27-16)14-25-19(21-4)24-12-15-7-8-22-17(11-15)26-9-5-6-10-26/h7-8,11,13H,5-6,9-10,12,14H2,1-4H3,(H2,21,24,25). The second-order valence-corrected chi connectivity index (χ2v) is 7.86. The minimum atomic E-state index is -0.0421. The number of hydrogen-bond donors (Lipinski definition) is 2. The predicted molar refractivity (Wildman–Crippen MR) is 108 cm³/mol. The van der Waals surface area contributed by atoms with E-state index >= 15 is 0 Å². The molecule has 0 bridgehead atoms. The largest absolute Gasteiger partial charge is 0.443 e. The second kappa shape index (κ2) is 8.41. The summed E-state index contributed by atoms with van der Waals surface area (Å²) >= 11 is 0. The maximum absolute atomic E-state index is 5.81. The van der Waals surface area contributed by atoms with Crippen molar-refractivity contribution in [3.63, 3.8) is 0 Å². The molecule has 0 spiro atoms. The predicted octanol–water partition coefficient (Wildman–Crippen LogP) is 2.83. The topological polar surface area (TPSA) is 78.6 Å². The molecule has 1 fully saturated rings. The van der Waals surface area contributed by atoms with Crippen LogP contribution >= 0.6 is 0 Å². The molecule has 7 heteroatoms. The van der Waals surface area contributed by atoms with Crippen LogP contribution in [0.2, 0.25) is 0 Å². The van der Waals surface area contributed by atoms with Gasteiger partial charge in [-0.25, -0.2) is 9.97 Å². The Balaban J connectivity index is 1.52. The minimum absolute atomic E-state index is 0.0421. The van der Waals surface area contributed by atoms with Crippen molar-refractivity contribution in [1.82, 2.24) is 20.6 Å². The quantitative estimate of drug-likeness (QED) is 0.622. The molecular formula is C20H30N6O. The Labute approximate surface area is 161 Å². The average molecular weight is 371 g/mol. The van der Waals surface area contributed by atoms with Crippen molar-refractivity contribution >= 4 is 11.8 Å². The van der Waals surface area contributed by atoms with Gasteiger partial charge in [-0.2, -0.15) is 0 Å². The fraction of sp³-hybridized carbons (Fsp3) is 0.550. The van der Waals surface area contributed by atoms with Crippen molar-refractivity contribution in [2.75, 3.05) is 25.0 Å². The number of nitrogens with one attached hydrogen (secondary N) is 2. The molecule has 2 N–H and O–H groups in total. The molecule has 0 saturated carbocycles. The third-order valence-electron chi connectivity index (χ3n) is 4.62. The number of aliphatic imine (C=N–C) groups is 1. The van der Waals surface area contributed by atoms with Crippen molar-refractivity contribution < 1.29 is 4.42 Å². The van der Waals surface area contributed by atoms with E-state index in [1.165, 1.54) is 18.4 Å². The van der Waals surface area contributed by atoms with Crippen LogP contribution in [-0.2, 0) is 18.5 Å². The van der Waals surface area contributed by atoms with Crippen LogP contribution in [0, 0.1) is 0 Å². The van der Waals surface area contributed by atoms with Gasteiger partial charge in [0.1, 0.15) is 11.6 Å². The van der Waals surface area contributed by atoms with Gasteiger partial charge in [-0.1, -0.05) is 20.8 Å². The molecule has 1 aliphatic heterocycles. The van der Waals surface area contributed by atoms with E-state index in [2.05, 4.69) is 57.3 Å². The third kappa shape index (κ3) is 5.21. The van der Waals surface area contributed by atoms with Crippen molar-refractivity contribution in [2.24, 2.45) is 4.99 Å². The highest BCUT2D eigenvalue weighted by Crippen LogP contribution is 2.22. The van der Waals surface area contributed by atoms with Gasteiger partial charge in [0, 0.05) is 38.3 Å². The SMILES string of the molecule is CN=C(NCc1ccnc(N2CCCC2)c1)NCc1ncc(C(C)(C)C)o1. The summed E-state index contributed by atoms with van der Waals surface area (Å²) in [6.45, 7) is 9.69. The summed E-state index contributed by atoms with van der Waals surface area (Å²) in [7, 11) is 1.76. The molecule has 0 radical (unpaired) electrons. The fourth-order valence-electron chi connectivity index (χ4n) is 2.99. The number of guanidine groups is 1. The molecule has 146 valence electrons. The van der Waals surface area contributed by atoms with Crippen molar-refractivity contribution in [2.45, 2.75) is 52.1 Å².